The molecule has 45 heavy (non-hydrogen) atoms. The number of sulfonamides is 1. The summed E-state index contributed by atoms with van der Waals surface area (Å²) >= 11 is 0. The number of halogens is 3. The number of nitrogens with one attached hydrogen (secondary N) is 1. The summed E-state index contributed by atoms with van der Waals surface area (Å²) in [7, 11) is -4.30. The Balaban J connectivity index is 1.22. The number of aryl methyl sites for hydroxylation is 1. The summed E-state index contributed by atoms with van der Waals surface area (Å²) in [6.45, 7) is 7.01. The van der Waals surface area contributed by atoms with Crippen molar-refractivity contribution in [2.24, 2.45) is 11.3 Å². The van der Waals surface area contributed by atoms with Gasteiger partial charge in [0, 0.05) is 17.1 Å². The van der Waals surface area contributed by atoms with Crippen LogP contribution in [0.1, 0.15) is 38.4 Å². The zero-order valence-electron chi connectivity index (χ0n) is 24.7. The summed E-state index contributed by atoms with van der Waals surface area (Å²) in [6, 6.07) is 12.8. The summed E-state index contributed by atoms with van der Waals surface area (Å²) in [5, 5.41) is 6.28. The molecule has 242 valence electrons. The SMILES string of the molecule is Cc1ccc(-c2cc(C(F)(F)F)nn2-c2ccc(S(=O)(=O)NC(=O)C3CCN(n4on4OCOC(=O)C(C)(C)C)C3)cc2)cc1. The smallest absolute Gasteiger partial charge is 0.425 e. The van der Waals surface area contributed by atoms with Crippen molar-refractivity contribution in [2.75, 3.05) is 24.9 Å². The van der Waals surface area contributed by atoms with Crippen LogP contribution in [0.25, 0.3) is 16.9 Å². The lowest BCUT2D eigenvalue weighted by Crippen LogP contribution is -2.38. The van der Waals surface area contributed by atoms with E-state index >= 15 is 0 Å². The van der Waals surface area contributed by atoms with Gasteiger partial charge >= 0.3 is 12.1 Å². The van der Waals surface area contributed by atoms with Gasteiger partial charge in [0.2, 0.25) is 5.91 Å². The van der Waals surface area contributed by atoms with Gasteiger partial charge in [-0.05, 0) is 64.4 Å². The molecule has 1 fully saturated rings. The normalized spacial score (nSPS) is 15.8. The molecule has 13 nitrogen and oxygen atoms in total. The van der Waals surface area contributed by atoms with Gasteiger partial charge in [-0.1, -0.05) is 29.8 Å². The number of esters is 1. The van der Waals surface area contributed by atoms with Crippen LogP contribution in [-0.4, -0.2) is 59.9 Å². The second-order valence-electron chi connectivity index (χ2n) is 11.6. The van der Waals surface area contributed by atoms with E-state index in [1.807, 2.05) is 6.92 Å². The van der Waals surface area contributed by atoms with Crippen molar-refractivity contribution in [3.63, 3.8) is 0 Å². The van der Waals surface area contributed by atoms with Crippen LogP contribution in [-0.2, 0) is 30.5 Å². The minimum atomic E-state index is -4.69. The van der Waals surface area contributed by atoms with E-state index in [2.05, 4.69) is 9.82 Å². The molecule has 1 amide bonds. The highest BCUT2D eigenvalue weighted by molar-refractivity contribution is 7.90. The topological polar surface area (TPSA) is 143 Å². The Hall–Kier alpha value is -4.67. The van der Waals surface area contributed by atoms with E-state index in [4.69, 9.17) is 14.2 Å². The van der Waals surface area contributed by atoms with Gasteiger partial charge in [-0.2, -0.15) is 22.9 Å². The standard InChI is InChI=1S/C28H31F3N6O7S/c1-18-5-7-19(8-6-18)23-15-24(28(29,30)31)32-35(23)21-9-11-22(12-10-21)45(40,41)33-25(38)20-13-14-34(16-20)36-37(44-36)43-17-42-26(39)27(2,3)4/h5-12,15,20H,13-14,16-17H2,1-4H3,(H,33,38). The molecular formula is C28H31F3N6O7S. The Labute approximate surface area is 255 Å². The molecule has 5 rings (SSSR count). The van der Waals surface area contributed by atoms with E-state index in [0.29, 0.717) is 18.5 Å². The number of carbonyl (C=O) groups excluding carboxylic acids is 2. The first-order valence-corrected chi connectivity index (χ1v) is 15.3. The van der Waals surface area contributed by atoms with Crippen LogP contribution in [0, 0.1) is 18.3 Å². The van der Waals surface area contributed by atoms with Crippen LogP contribution in [0.3, 0.4) is 0 Å². The fraction of sp³-hybridized carbons (Fsp3) is 0.393. The molecule has 17 heteroatoms. The van der Waals surface area contributed by atoms with Crippen molar-refractivity contribution in [3.8, 4) is 16.9 Å². The summed E-state index contributed by atoms with van der Waals surface area (Å²) in [5.74, 6) is -1.90. The number of carbonyl (C=O) groups is 2. The van der Waals surface area contributed by atoms with Crippen molar-refractivity contribution in [2.45, 2.75) is 45.2 Å². The predicted octanol–water partition coefficient (Wildman–Crippen LogP) is 3.50. The molecule has 0 radical (unpaired) electrons. The van der Waals surface area contributed by atoms with Crippen molar-refractivity contribution in [1.29, 1.82) is 0 Å². The van der Waals surface area contributed by atoms with E-state index < -0.39 is 51.9 Å². The Morgan fingerprint density at radius 2 is 1.73 bits per heavy atom. The lowest BCUT2D eigenvalue weighted by molar-refractivity contribution is -0.168. The number of hydrogen-bond acceptors (Lipinski definition) is 9. The molecule has 3 heterocycles. The second kappa shape index (κ2) is 11.7. The van der Waals surface area contributed by atoms with Crippen LogP contribution in [0.4, 0.5) is 13.2 Å². The summed E-state index contributed by atoms with van der Waals surface area (Å²) < 4.78 is 79.8. The van der Waals surface area contributed by atoms with E-state index in [-0.39, 0.29) is 22.8 Å². The molecule has 1 aliphatic rings. The molecule has 1 N–H and O–H groups in total. The molecule has 1 atom stereocenters. The molecule has 2 aromatic carbocycles. The highest BCUT2D eigenvalue weighted by Crippen LogP contribution is 2.33. The maximum atomic E-state index is 13.5. The van der Waals surface area contributed by atoms with Crippen LogP contribution in [0.2, 0.25) is 0 Å². The zero-order valence-corrected chi connectivity index (χ0v) is 25.6. The number of amides is 1. The van der Waals surface area contributed by atoms with Crippen LogP contribution < -0.4 is 14.6 Å². The van der Waals surface area contributed by atoms with Crippen LogP contribution >= 0.6 is 0 Å². The van der Waals surface area contributed by atoms with Gasteiger partial charge in [-0.3, -0.25) is 14.6 Å². The van der Waals surface area contributed by atoms with Crippen molar-refractivity contribution < 1.29 is 45.4 Å². The molecule has 0 spiro atoms. The average Bonchev–Trinajstić information content (AvgIpc) is 3.34. The predicted molar refractivity (Wildman–Crippen MR) is 152 cm³/mol. The fourth-order valence-corrected chi connectivity index (χ4v) is 5.46. The lowest BCUT2D eigenvalue weighted by Gasteiger charge is -2.15. The molecule has 0 saturated carbocycles. The maximum absolute atomic E-state index is 13.5. The van der Waals surface area contributed by atoms with E-state index in [1.165, 1.54) is 29.2 Å². The molecule has 4 aromatic rings. The molecule has 1 aliphatic heterocycles. The molecule has 1 saturated heterocycles. The minimum Gasteiger partial charge on any atom is -0.425 e. The quantitative estimate of drug-likeness (QED) is 0.212. The van der Waals surface area contributed by atoms with Crippen LogP contribution in [0.5, 0.6) is 0 Å². The maximum Gasteiger partial charge on any atom is 0.435 e. The number of ether oxygens (including phenoxy) is 1. The number of alkyl halides is 3. The first-order chi connectivity index (χ1) is 21.0. The minimum absolute atomic E-state index is 0.116. The second-order valence-corrected chi connectivity index (χ2v) is 13.2. The molecule has 2 aromatic heterocycles. The Morgan fingerprint density at radius 3 is 2.36 bits per heavy atom. The number of aromatic nitrogens is 4. The number of nitrogens with zero attached hydrogens (tertiary/aromatic N) is 5. The van der Waals surface area contributed by atoms with Gasteiger partial charge < -0.3 is 9.57 Å². The van der Waals surface area contributed by atoms with Crippen molar-refractivity contribution >= 4 is 21.9 Å². The largest absolute Gasteiger partial charge is 0.435 e. The molecule has 1 unspecified atom stereocenters. The van der Waals surface area contributed by atoms with E-state index in [0.717, 1.165) is 21.3 Å². The highest BCUT2D eigenvalue weighted by atomic mass is 32.2. The van der Waals surface area contributed by atoms with E-state index in [1.54, 1.807) is 50.0 Å². The summed E-state index contributed by atoms with van der Waals surface area (Å²) in [6.07, 6.45) is -4.38. The lowest BCUT2D eigenvalue weighted by atomic mass is 9.98. The summed E-state index contributed by atoms with van der Waals surface area (Å²) in [4.78, 5) is 30.8. The van der Waals surface area contributed by atoms with Gasteiger partial charge in [-0.15, -0.1) is 0 Å². The number of rotatable bonds is 9. The van der Waals surface area contributed by atoms with Gasteiger partial charge in [0.25, 0.3) is 16.8 Å². The van der Waals surface area contributed by atoms with Crippen molar-refractivity contribution in [1.82, 2.24) is 24.5 Å². The Kier molecular flexibility index (Phi) is 8.24. The highest BCUT2D eigenvalue weighted by Gasteiger charge is 2.37. The third-order valence-corrected chi connectivity index (χ3v) is 8.34. The first kappa shape index (κ1) is 31.7. The summed E-state index contributed by atoms with van der Waals surface area (Å²) in [5.41, 5.74) is -0.0256. The molecular weight excluding hydrogens is 621 g/mol. The molecule has 0 bridgehead atoms. The van der Waals surface area contributed by atoms with Gasteiger partial charge in [0.1, 0.15) is 5.02 Å². The first-order valence-electron chi connectivity index (χ1n) is 13.8. The third kappa shape index (κ3) is 7.19. The third-order valence-electron chi connectivity index (χ3n) is 6.98. The van der Waals surface area contributed by atoms with Gasteiger partial charge in [0.15, 0.2) is 5.69 Å². The monoisotopic (exact) mass is 652 g/mol. The van der Waals surface area contributed by atoms with Gasteiger partial charge in [-0.25, -0.2) is 17.8 Å². The average molecular weight is 653 g/mol. The van der Waals surface area contributed by atoms with E-state index in [9.17, 15) is 31.2 Å². The zero-order chi connectivity index (χ0) is 32.7. The number of benzene rings is 2. The molecule has 0 aliphatic carbocycles. The van der Waals surface area contributed by atoms with Crippen molar-refractivity contribution in [3.05, 3.63) is 65.9 Å². The van der Waals surface area contributed by atoms with Crippen LogP contribution in [0.15, 0.2) is 64.1 Å². The number of hydrogen-bond donors (Lipinski definition) is 1. The fourth-order valence-electron chi connectivity index (χ4n) is 4.41. The van der Waals surface area contributed by atoms with Gasteiger partial charge in [0.05, 0.1) is 34.2 Å². The Bertz CT molecular complexity index is 1780. The Morgan fingerprint density at radius 1 is 1.07 bits per heavy atom.